The zero-order valence-corrected chi connectivity index (χ0v) is 17.2. The molecule has 0 saturated heterocycles. The second-order valence-electron chi connectivity index (χ2n) is 7.16. The highest BCUT2D eigenvalue weighted by atomic mass is 32.2. The molecule has 2 aromatic rings. The third kappa shape index (κ3) is 5.79. The third-order valence-corrected chi connectivity index (χ3v) is 6.28. The number of halogens is 1. The summed E-state index contributed by atoms with van der Waals surface area (Å²) < 4.78 is 40.7. The van der Waals surface area contributed by atoms with E-state index in [1.54, 1.807) is 0 Å². The van der Waals surface area contributed by atoms with Gasteiger partial charge in [0.25, 0.3) is 15.9 Å². The van der Waals surface area contributed by atoms with Crippen molar-refractivity contribution in [2.45, 2.75) is 43.0 Å². The minimum atomic E-state index is -3.99. The van der Waals surface area contributed by atoms with E-state index >= 15 is 0 Å². The molecule has 0 aliphatic heterocycles. The molecule has 0 heterocycles. The van der Waals surface area contributed by atoms with Gasteiger partial charge in [0.15, 0.2) is 0 Å². The summed E-state index contributed by atoms with van der Waals surface area (Å²) in [6.07, 6.45) is 4.44. The van der Waals surface area contributed by atoms with Gasteiger partial charge in [-0.15, -0.1) is 0 Å². The van der Waals surface area contributed by atoms with Crippen LogP contribution in [0.25, 0.3) is 0 Å². The summed E-state index contributed by atoms with van der Waals surface area (Å²) in [5.74, 6) is -1.19. The van der Waals surface area contributed by atoms with Gasteiger partial charge in [-0.1, -0.05) is 25.0 Å². The Hall–Kier alpha value is -2.94. The molecule has 1 saturated carbocycles. The smallest absolute Gasteiger partial charge is 0.261 e. The largest absolute Gasteiger partial charge is 0.353 e. The predicted octanol–water partition coefficient (Wildman–Crippen LogP) is 2.81. The van der Waals surface area contributed by atoms with Gasteiger partial charge < -0.3 is 10.6 Å². The molecule has 0 spiro atoms. The lowest BCUT2D eigenvalue weighted by atomic mass is 10.2. The number of rotatable bonds is 8. The van der Waals surface area contributed by atoms with E-state index in [9.17, 15) is 22.4 Å². The van der Waals surface area contributed by atoms with Gasteiger partial charge in [-0.3, -0.25) is 14.3 Å². The van der Waals surface area contributed by atoms with E-state index in [1.165, 1.54) is 42.5 Å². The van der Waals surface area contributed by atoms with Crippen LogP contribution in [0.3, 0.4) is 0 Å². The SMILES string of the molecule is O=C(CCNC(=O)c1ccc(S(=O)(=O)Nc2ccccc2F)cc1)NC1CCCC1. The van der Waals surface area contributed by atoms with Crippen LogP contribution in [-0.4, -0.2) is 32.8 Å². The van der Waals surface area contributed by atoms with Crippen molar-refractivity contribution in [1.29, 1.82) is 0 Å². The highest BCUT2D eigenvalue weighted by molar-refractivity contribution is 7.92. The first kappa shape index (κ1) is 21.8. The first-order valence-corrected chi connectivity index (χ1v) is 11.3. The van der Waals surface area contributed by atoms with E-state index in [0.29, 0.717) is 0 Å². The van der Waals surface area contributed by atoms with Crippen molar-refractivity contribution in [3.8, 4) is 0 Å². The predicted molar refractivity (Wildman–Crippen MR) is 111 cm³/mol. The summed E-state index contributed by atoms with van der Waals surface area (Å²) in [7, 11) is -3.99. The molecule has 1 aliphatic carbocycles. The van der Waals surface area contributed by atoms with Crippen LogP contribution in [0.15, 0.2) is 53.4 Å². The van der Waals surface area contributed by atoms with Crippen molar-refractivity contribution >= 4 is 27.5 Å². The van der Waals surface area contributed by atoms with E-state index in [1.807, 2.05) is 0 Å². The lowest BCUT2D eigenvalue weighted by Crippen LogP contribution is -2.35. The summed E-state index contributed by atoms with van der Waals surface area (Å²) in [5, 5.41) is 5.60. The number of para-hydroxylation sites is 1. The van der Waals surface area contributed by atoms with Gasteiger partial charge >= 0.3 is 0 Å². The fourth-order valence-corrected chi connectivity index (χ4v) is 4.36. The zero-order valence-electron chi connectivity index (χ0n) is 16.4. The van der Waals surface area contributed by atoms with Gasteiger partial charge in [-0.25, -0.2) is 12.8 Å². The molecule has 1 aliphatic rings. The van der Waals surface area contributed by atoms with Crippen molar-refractivity contribution in [2.24, 2.45) is 0 Å². The van der Waals surface area contributed by atoms with E-state index < -0.39 is 21.7 Å². The maximum absolute atomic E-state index is 13.7. The number of amides is 2. The molecule has 7 nitrogen and oxygen atoms in total. The molecule has 9 heteroatoms. The van der Waals surface area contributed by atoms with Crippen molar-refractivity contribution in [3.63, 3.8) is 0 Å². The molecule has 0 radical (unpaired) electrons. The number of sulfonamides is 1. The maximum atomic E-state index is 13.7. The molecule has 30 heavy (non-hydrogen) atoms. The molecule has 0 bridgehead atoms. The Balaban J connectivity index is 1.52. The number of hydrogen-bond acceptors (Lipinski definition) is 4. The van der Waals surface area contributed by atoms with Crippen LogP contribution in [0.4, 0.5) is 10.1 Å². The molecule has 0 atom stereocenters. The van der Waals surface area contributed by atoms with E-state index in [0.717, 1.165) is 31.7 Å². The van der Waals surface area contributed by atoms with E-state index in [4.69, 9.17) is 0 Å². The van der Waals surface area contributed by atoms with Gasteiger partial charge in [0, 0.05) is 24.6 Å². The summed E-state index contributed by atoms with van der Waals surface area (Å²) in [5.41, 5.74) is 0.103. The van der Waals surface area contributed by atoms with Crippen molar-refractivity contribution in [3.05, 3.63) is 59.9 Å². The number of carbonyl (C=O) groups excluding carboxylic acids is 2. The Labute approximate surface area is 175 Å². The van der Waals surface area contributed by atoms with Crippen LogP contribution in [0.5, 0.6) is 0 Å². The molecule has 160 valence electrons. The monoisotopic (exact) mass is 433 g/mol. The quantitative estimate of drug-likeness (QED) is 0.595. The number of carbonyl (C=O) groups is 2. The van der Waals surface area contributed by atoms with Gasteiger partial charge in [-0.2, -0.15) is 0 Å². The molecular formula is C21H24FN3O4S. The number of nitrogens with one attached hydrogen (secondary N) is 3. The minimum Gasteiger partial charge on any atom is -0.353 e. The zero-order chi connectivity index (χ0) is 21.6. The molecule has 2 amide bonds. The Kier molecular flexibility index (Phi) is 7.04. The lowest BCUT2D eigenvalue weighted by Gasteiger charge is -2.12. The van der Waals surface area contributed by atoms with Crippen LogP contribution >= 0.6 is 0 Å². The number of hydrogen-bond donors (Lipinski definition) is 3. The molecule has 1 fully saturated rings. The average Bonchev–Trinajstić information content (AvgIpc) is 3.22. The van der Waals surface area contributed by atoms with Crippen LogP contribution in [0.2, 0.25) is 0 Å². The van der Waals surface area contributed by atoms with Crippen LogP contribution in [0.1, 0.15) is 42.5 Å². The normalized spacial score (nSPS) is 14.3. The Morgan fingerprint density at radius 2 is 1.67 bits per heavy atom. The van der Waals surface area contributed by atoms with Crippen LogP contribution in [-0.2, 0) is 14.8 Å². The fraction of sp³-hybridized carbons (Fsp3) is 0.333. The van der Waals surface area contributed by atoms with Crippen molar-refractivity contribution < 1.29 is 22.4 Å². The molecular weight excluding hydrogens is 409 g/mol. The van der Waals surface area contributed by atoms with Gasteiger partial charge in [-0.05, 0) is 49.2 Å². The van der Waals surface area contributed by atoms with Crippen molar-refractivity contribution in [2.75, 3.05) is 11.3 Å². The molecule has 2 aromatic carbocycles. The third-order valence-electron chi connectivity index (χ3n) is 4.90. The second kappa shape index (κ2) is 9.71. The topological polar surface area (TPSA) is 104 Å². The van der Waals surface area contributed by atoms with Gasteiger partial charge in [0.1, 0.15) is 5.82 Å². The van der Waals surface area contributed by atoms with E-state index in [2.05, 4.69) is 15.4 Å². The number of anilines is 1. The maximum Gasteiger partial charge on any atom is 0.261 e. The average molecular weight is 434 g/mol. The highest BCUT2D eigenvalue weighted by Crippen LogP contribution is 2.19. The molecule has 0 unspecified atom stereocenters. The first-order chi connectivity index (χ1) is 14.3. The molecule has 3 N–H and O–H groups in total. The summed E-state index contributed by atoms with van der Waals surface area (Å²) in [6.45, 7) is 0.187. The summed E-state index contributed by atoms with van der Waals surface area (Å²) in [4.78, 5) is 24.0. The summed E-state index contributed by atoms with van der Waals surface area (Å²) in [6, 6.07) is 10.9. The summed E-state index contributed by atoms with van der Waals surface area (Å²) >= 11 is 0. The standard InChI is InChI=1S/C21H24FN3O4S/c22-18-7-3-4-8-19(18)25-30(28,29)17-11-9-15(10-12-17)21(27)23-14-13-20(26)24-16-5-1-2-6-16/h3-4,7-12,16,25H,1-2,5-6,13-14H2,(H,23,27)(H,24,26). The Morgan fingerprint density at radius 1 is 1.00 bits per heavy atom. The molecule has 3 rings (SSSR count). The fourth-order valence-electron chi connectivity index (χ4n) is 3.29. The second-order valence-corrected chi connectivity index (χ2v) is 8.85. The highest BCUT2D eigenvalue weighted by Gasteiger charge is 2.18. The van der Waals surface area contributed by atoms with Gasteiger partial charge in [0.05, 0.1) is 10.6 Å². The minimum absolute atomic E-state index is 0.0946. The van der Waals surface area contributed by atoms with E-state index in [-0.39, 0.29) is 41.1 Å². The van der Waals surface area contributed by atoms with Crippen molar-refractivity contribution in [1.82, 2.24) is 10.6 Å². The lowest BCUT2D eigenvalue weighted by molar-refractivity contribution is -0.121. The van der Waals surface area contributed by atoms with Gasteiger partial charge in [0.2, 0.25) is 5.91 Å². The molecule has 0 aromatic heterocycles. The Bertz CT molecular complexity index is 1000. The number of benzene rings is 2. The van der Waals surface area contributed by atoms with Crippen LogP contribution in [0, 0.1) is 5.82 Å². The van der Waals surface area contributed by atoms with Crippen LogP contribution < -0.4 is 15.4 Å². The Morgan fingerprint density at radius 3 is 2.33 bits per heavy atom. The first-order valence-electron chi connectivity index (χ1n) is 9.80.